The Bertz CT molecular complexity index is 835. The van der Waals surface area contributed by atoms with Crippen molar-refractivity contribution < 1.29 is 14.3 Å². The van der Waals surface area contributed by atoms with Crippen LogP contribution in [0.3, 0.4) is 0 Å². The zero-order valence-electron chi connectivity index (χ0n) is 16.2. The van der Waals surface area contributed by atoms with Gasteiger partial charge >= 0.3 is 0 Å². The zero-order valence-corrected chi connectivity index (χ0v) is 17.1. The Kier molecular flexibility index (Phi) is 7.95. The second-order valence-electron chi connectivity index (χ2n) is 6.59. The van der Waals surface area contributed by atoms with Gasteiger partial charge in [-0.05, 0) is 67.5 Å². The molecular weight excluding hydrogens is 374 g/mol. The normalized spacial score (nSPS) is 10.3. The second kappa shape index (κ2) is 10.4. The number of carbonyl (C=O) groups excluding carboxylic acids is 2. The van der Waals surface area contributed by atoms with Gasteiger partial charge in [-0.15, -0.1) is 0 Å². The first kappa shape index (κ1) is 21.4. The molecule has 0 aliphatic rings. The summed E-state index contributed by atoms with van der Waals surface area (Å²) in [6.45, 7) is 6.40. The smallest absolute Gasteiger partial charge is 0.257 e. The Morgan fingerprint density at radius 3 is 2.29 bits per heavy atom. The SMILES string of the molecule is CCOc1cccc(C(=O)NC(=S)Nc2ccc(NC(=O)CC(C)C)cc2)c1. The van der Waals surface area contributed by atoms with Crippen LogP contribution in [0.25, 0.3) is 0 Å². The molecule has 0 saturated carbocycles. The van der Waals surface area contributed by atoms with Crippen molar-refractivity contribution in [1.82, 2.24) is 5.32 Å². The molecule has 2 rings (SSSR count). The highest BCUT2D eigenvalue weighted by atomic mass is 32.1. The van der Waals surface area contributed by atoms with Gasteiger partial charge < -0.3 is 15.4 Å². The van der Waals surface area contributed by atoms with Gasteiger partial charge in [0.05, 0.1) is 6.61 Å². The summed E-state index contributed by atoms with van der Waals surface area (Å²) in [5.74, 6) is 0.588. The number of nitrogens with one attached hydrogen (secondary N) is 3. The Hall–Kier alpha value is -2.93. The minimum atomic E-state index is -0.323. The summed E-state index contributed by atoms with van der Waals surface area (Å²) in [7, 11) is 0. The van der Waals surface area contributed by atoms with Crippen LogP contribution in [0.5, 0.6) is 5.75 Å². The molecule has 0 saturated heterocycles. The van der Waals surface area contributed by atoms with Crippen molar-refractivity contribution in [1.29, 1.82) is 0 Å². The van der Waals surface area contributed by atoms with E-state index in [1.54, 1.807) is 48.5 Å². The molecule has 0 spiro atoms. The Balaban J connectivity index is 1.89. The average Bonchev–Trinajstić information content (AvgIpc) is 2.63. The fourth-order valence-corrected chi connectivity index (χ4v) is 2.66. The molecule has 0 aliphatic carbocycles. The summed E-state index contributed by atoms with van der Waals surface area (Å²) >= 11 is 5.20. The number of anilines is 2. The van der Waals surface area contributed by atoms with Crippen LogP contribution in [0, 0.1) is 5.92 Å². The van der Waals surface area contributed by atoms with E-state index in [2.05, 4.69) is 16.0 Å². The number of hydrogen-bond acceptors (Lipinski definition) is 4. The van der Waals surface area contributed by atoms with Gasteiger partial charge in [-0.2, -0.15) is 0 Å². The van der Waals surface area contributed by atoms with Gasteiger partial charge in [-0.25, -0.2) is 0 Å². The number of hydrogen-bond donors (Lipinski definition) is 3. The molecule has 0 heterocycles. The number of benzene rings is 2. The number of carbonyl (C=O) groups is 2. The standard InChI is InChI=1S/C21H25N3O3S/c1-4-27-18-7-5-6-15(13-18)20(26)24-21(28)23-17-10-8-16(9-11-17)22-19(25)12-14(2)3/h5-11,13-14H,4,12H2,1-3H3,(H,22,25)(H2,23,24,26,28). The maximum atomic E-state index is 12.3. The largest absolute Gasteiger partial charge is 0.494 e. The van der Waals surface area contributed by atoms with Crippen LogP contribution >= 0.6 is 12.2 Å². The summed E-state index contributed by atoms with van der Waals surface area (Å²) in [6, 6.07) is 14.0. The van der Waals surface area contributed by atoms with Crippen LogP contribution in [0.2, 0.25) is 0 Å². The minimum Gasteiger partial charge on any atom is -0.494 e. The van der Waals surface area contributed by atoms with Gasteiger partial charge in [-0.1, -0.05) is 19.9 Å². The topological polar surface area (TPSA) is 79.5 Å². The van der Waals surface area contributed by atoms with Gasteiger partial charge in [0, 0.05) is 23.4 Å². The first-order valence-corrected chi connectivity index (χ1v) is 9.53. The van der Waals surface area contributed by atoms with E-state index in [1.165, 1.54) is 0 Å². The molecule has 0 aromatic heterocycles. The van der Waals surface area contributed by atoms with Crippen molar-refractivity contribution in [3.63, 3.8) is 0 Å². The lowest BCUT2D eigenvalue weighted by molar-refractivity contribution is -0.116. The molecule has 28 heavy (non-hydrogen) atoms. The fourth-order valence-electron chi connectivity index (χ4n) is 2.45. The summed E-state index contributed by atoms with van der Waals surface area (Å²) < 4.78 is 5.40. The van der Waals surface area contributed by atoms with Gasteiger partial charge in [0.1, 0.15) is 5.75 Å². The van der Waals surface area contributed by atoms with E-state index < -0.39 is 0 Å². The number of rotatable bonds is 7. The van der Waals surface area contributed by atoms with Crippen LogP contribution in [0.1, 0.15) is 37.6 Å². The van der Waals surface area contributed by atoms with E-state index in [1.807, 2.05) is 20.8 Å². The fraction of sp³-hybridized carbons (Fsp3) is 0.286. The highest BCUT2D eigenvalue weighted by Gasteiger charge is 2.10. The molecule has 6 nitrogen and oxygen atoms in total. The third-order valence-electron chi connectivity index (χ3n) is 3.65. The molecule has 0 fully saturated rings. The summed E-state index contributed by atoms with van der Waals surface area (Å²) in [4.78, 5) is 24.1. The number of ether oxygens (including phenoxy) is 1. The third kappa shape index (κ3) is 7.00. The lowest BCUT2D eigenvalue weighted by atomic mass is 10.1. The Morgan fingerprint density at radius 2 is 1.68 bits per heavy atom. The zero-order chi connectivity index (χ0) is 20.5. The molecule has 0 aliphatic heterocycles. The first-order valence-electron chi connectivity index (χ1n) is 9.12. The highest BCUT2D eigenvalue weighted by Crippen LogP contribution is 2.15. The summed E-state index contributed by atoms with van der Waals surface area (Å²) in [5.41, 5.74) is 1.87. The molecular formula is C21H25N3O3S. The van der Waals surface area contributed by atoms with E-state index in [0.717, 1.165) is 0 Å². The molecule has 0 bridgehead atoms. The lowest BCUT2D eigenvalue weighted by Crippen LogP contribution is -2.34. The van der Waals surface area contributed by atoms with E-state index >= 15 is 0 Å². The number of amides is 2. The average molecular weight is 400 g/mol. The monoisotopic (exact) mass is 399 g/mol. The lowest BCUT2D eigenvalue weighted by Gasteiger charge is -2.11. The molecule has 0 atom stereocenters. The van der Waals surface area contributed by atoms with Crippen LogP contribution in [0.15, 0.2) is 48.5 Å². The van der Waals surface area contributed by atoms with Gasteiger partial charge in [-0.3, -0.25) is 14.9 Å². The van der Waals surface area contributed by atoms with Crippen molar-refractivity contribution in [3.8, 4) is 5.75 Å². The highest BCUT2D eigenvalue weighted by molar-refractivity contribution is 7.80. The number of thiocarbonyl (C=S) groups is 1. The van der Waals surface area contributed by atoms with E-state index in [4.69, 9.17) is 17.0 Å². The van der Waals surface area contributed by atoms with Crippen molar-refractivity contribution in [2.45, 2.75) is 27.2 Å². The molecule has 7 heteroatoms. The maximum Gasteiger partial charge on any atom is 0.257 e. The minimum absolute atomic E-state index is 0.0206. The van der Waals surface area contributed by atoms with Gasteiger partial charge in [0.25, 0.3) is 5.91 Å². The van der Waals surface area contributed by atoms with Crippen LogP contribution in [-0.2, 0) is 4.79 Å². The third-order valence-corrected chi connectivity index (χ3v) is 3.86. The van der Waals surface area contributed by atoms with Crippen LogP contribution in [0.4, 0.5) is 11.4 Å². The van der Waals surface area contributed by atoms with E-state index in [0.29, 0.717) is 41.6 Å². The molecule has 2 amide bonds. The predicted molar refractivity (Wildman–Crippen MR) is 116 cm³/mol. The second-order valence-corrected chi connectivity index (χ2v) is 7.00. The molecule has 0 unspecified atom stereocenters. The van der Waals surface area contributed by atoms with Crippen LogP contribution < -0.4 is 20.7 Å². The van der Waals surface area contributed by atoms with Crippen molar-refractivity contribution in [2.75, 3.05) is 17.2 Å². The maximum absolute atomic E-state index is 12.3. The van der Waals surface area contributed by atoms with Crippen LogP contribution in [-0.4, -0.2) is 23.5 Å². The first-order chi connectivity index (χ1) is 13.4. The van der Waals surface area contributed by atoms with E-state index in [-0.39, 0.29) is 16.9 Å². The molecule has 2 aromatic carbocycles. The van der Waals surface area contributed by atoms with Crippen molar-refractivity contribution in [3.05, 3.63) is 54.1 Å². The van der Waals surface area contributed by atoms with Crippen molar-refractivity contribution >= 4 is 40.5 Å². The van der Waals surface area contributed by atoms with Gasteiger partial charge in [0.2, 0.25) is 5.91 Å². The Labute approximate surface area is 170 Å². The summed E-state index contributed by atoms with van der Waals surface area (Å²) in [5, 5.41) is 8.61. The Morgan fingerprint density at radius 1 is 1.04 bits per heavy atom. The predicted octanol–water partition coefficient (Wildman–Crippen LogP) is 4.20. The van der Waals surface area contributed by atoms with E-state index in [9.17, 15) is 9.59 Å². The molecule has 3 N–H and O–H groups in total. The molecule has 2 aromatic rings. The quantitative estimate of drug-likeness (QED) is 0.608. The molecule has 148 valence electrons. The molecule has 0 radical (unpaired) electrons. The van der Waals surface area contributed by atoms with Crippen molar-refractivity contribution in [2.24, 2.45) is 5.92 Å². The summed E-state index contributed by atoms with van der Waals surface area (Å²) in [6.07, 6.45) is 0.473. The van der Waals surface area contributed by atoms with Gasteiger partial charge in [0.15, 0.2) is 5.11 Å².